The van der Waals surface area contributed by atoms with E-state index in [-0.39, 0.29) is 17.9 Å². The average Bonchev–Trinajstić information content (AvgIpc) is 2.79. The number of hydrogen-bond acceptors (Lipinski definition) is 4. The lowest BCUT2D eigenvalue weighted by Gasteiger charge is -2.45. The highest BCUT2D eigenvalue weighted by molar-refractivity contribution is 6.31. The van der Waals surface area contributed by atoms with Gasteiger partial charge >= 0.3 is 0 Å². The molecule has 3 fully saturated rings. The fraction of sp³-hybridized carbons (Fsp3) is 0.391. The summed E-state index contributed by atoms with van der Waals surface area (Å²) in [4.78, 5) is 30.3. The average molecular weight is 426 g/mol. The molecule has 1 atom stereocenters. The molecule has 0 saturated carbocycles. The van der Waals surface area contributed by atoms with Crippen LogP contribution in [-0.4, -0.2) is 55.5 Å². The Morgan fingerprint density at radius 2 is 1.83 bits per heavy atom. The molecule has 1 N–H and O–H groups in total. The standard InChI is InChI=1S/C23H24ClN3O3/c24-17-12-18(22(28)25-19-14-26-8-6-15(19)7-9-26)21-20(13-17)27(10-11-30-21)23(29)16-4-2-1-3-5-16/h1-5,12-13,15,19H,6-11,14H2,(H,25,28). The van der Waals surface area contributed by atoms with Crippen molar-refractivity contribution in [1.29, 1.82) is 0 Å². The number of fused-ring (bicyclic) bond motifs is 4. The number of carbonyl (C=O) groups is 2. The van der Waals surface area contributed by atoms with E-state index in [1.807, 2.05) is 18.2 Å². The van der Waals surface area contributed by atoms with Crippen LogP contribution in [0.3, 0.4) is 0 Å². The molecule has 2 bridgehead atoms. The van der Waals surface area contributed by atoms with Crippen molar-refractivity contribution < 1.29 is 14.3 Å². The minimum Gasteiger partial charge on any atom is -0.489 e. The Morgan fingerprint density at radius 1 is 1.07 bits per heavy atom. The van der Waals surface area contributed by atoms with Crippen molar-refractivity contribution in [3.05, 3.63) is 58.6 Å². The molecule has 6 rings (SSSR count). The normalized spacial score (nSPS) is 24.7. The van der Waals surface area contributed by atoms with Gasteiger partial charge in [0.2, 0.25) is 0 Å². The Labute approximate surface area is 180 Å². The van der Waals surface area contributed by atoms with E-state index in [4.69, 9.17) is 16.3 Å². The van der Waals surface area contributed by atoms with E-state index in [0.717, 1.165) is 32.5 Å². The third kappa shape index (κ3) is 3.55. The maximum absolute atomic E-state index is 13.2. The van der Waals surface area contributed by atoms with Crippen molar-refractivity contribution in [1.82, 2.24) is 10.2 Å². The summed E-state index contributed by atoms with van der Waals surface area (Å²) in [6, 6.07) is 12.6. The SMILES string of the molecule is O=C(NC1CN2CCC1CC2)c1cc(Cl)cc2c1OCCN2C(=O)c1ccccc1. The first kappa shape index (κ1) is 19.4. The number of anilines is 1. The molecule has 7 heteroatoms. The molecule has 156 valence electrons. The summed E-state index contributed by atoms with van der Waals surface area (Å²) in [6.07, 6.45) is 2.24. The second-order valence-corrected chi connectivity index (χ2v) is 8.63. The van der Waals surface area contributed by atoms with Gasteiger partial charge in [0.25, 0.3) is 11.8 Å². The predicted octanol–water partition coefficient (Wildman–Crippen LogP) is 3.20. The molecular formula is C23H24ClN3O3. The number of benzene rings is 2. The second-order valence-electron chi connectivity index (χ2n) is 8.19. The lowest BCUT2D eigenvalue weighted by Crippen LogP contribution is -2.57. The van der Waals surface area contributed by atoms with E-state index in [0.29, 0.717) is 46.7 Å². The number of hydrogen-bond donors (Lipinski definition) is 1. The van der Waals surface area contributed by atoms with Gasteiger partial charge in [0.05, 0.1) is 17.8 Å². The molecule has 0 aliphatic carbocycles. The molecule has 2 aromatic rings. The van der Waals surface area contributed by atoms with Crippen molar-refractivity contribution in [2.45, 2.75) is 18.9 Å². The molecule has 0 aromatic heterocycles. The summed E-state index contributed by atoms with van der Waals surface area (Å²) in [5.74, 6) is 0.618. The summed E-state index contributed by atoms with van der Waals surface area (Å²) in [5.41, 5.74) is 1.52. The van der Waals surface area contributed by atoms with Crippen LogP contribution in [0, 0.1) is 5.92 Å². The maximum Gasteiger partial charge on any atom is 0.258 e. The van der Waals surface area contributed by atoms with Crippen LogP contribution >= 0.6 is 11.6 Å². The summed E-state index contributed by atoms with van der Waals surface area (Å²) in [5, 5.41) is 3.60. The van der Waals surface area contributed by atoms with Crippen LogP contribution < -0.4 is 15.0 Å². The van der Waals surface area contributed by atoms with Crippen LogP contribution in [0.25, 0.3) is 0 Å². The van der Waals surface area contributed by atoms with Crippen molar-refractivity contribution in [3.63, 3.8) is 0 Å². The molecule has 0 radical (unpaired) electrons. The third-order valence-corrected chi connectivity index (χ3v) is 6.59. The van der Waals surface area contributed by atoms with E-state index in [9.17, 15) is 9.59 Å². The van der Waals surface area contributed by atoms with Gasteiger partial charge < -0.3 is 19.9 Å². The zero-order chi connectivity index (χ0) is 20.7. The number of nitrogens with one attached hydrogen (secondary N) is 1. The van der Waals surface area contributed by atoms with Crippen LogP contribution in [0.2, 0.25) is 5.02 Å². The van der Waals surface area contributed by atoms with Crippen LogP contribution in [0.1, 0.15) is 33.6 Å². The van der Waals surface area contributed by atoms with Gasteiger partial charge in [-0.05, 0) is 56.1 Å². The number of amides is 2. The quantitative estimate of drug-likeness (QED) is 0.820. The van der Waals surface area contributed by atoms with E-state index >= 15 is 0 Å². The molecule has 4 aliphatic rings. The highest BCUT2D eigenvalue weighted by atomic mass is 35.5. The molecule has 6 nitrogen and oxygen atoms in total. The molecule has 3 saturated heterocycles. The Kier molecular flexibility index (Phi) is 5.13. The molecule has 1 unspecified atom stereocenters. The highest BCUT2D eigenvalue weighted by Crippen LogP contribution is 2.39. The number of halogens is 1. The van der Waals surface area contributed by atoms with Crippen molar-refractivity contribution in [2.24, 2.45) is 5.92 Å². The van der Waals surface area contributed by atoms with Crippen molar-refractivity contribution >= 4 is 29.1 Å². The Hall–Kier alpha value is -2.57. The van der Waals surface area contributed by atoms with Crippen LogP contribution in [-0.2, 0) is 0 Å². The molecule has 0 spiro atoms. The monoisotopic (exact) mass is 425 g/mol. The second kappa shape index (κ2) is 7.93. The molecular weight excluding hydrogens is 402 g/mol. The summed E-state index contributed by atoms with van der Waals surface area (Å²) in [6.45, 7) is 3.85. The van der Waals surface area contributed by atoms with Crippen LogP contribution in [0.4, 0.5) is 5.69 Å². The third-order valence-electron chi connectivity index (χ3n) is 6.37. The van der Waals surface area contributed by atoms with Gasteiger partial charge in [-0.1, -0.05) is 29.8 Å². The smallest absolute Gasteiger partial charge is 0.258 e. The van der Waals surface area contributed by atoms with Gasteiger partial charge in [0, 0.05) is 23.2 Å². The Balaban J connectivity index is 1.44. The highest BCUT2D eigenvalue weighted by Gasteiger charge is 2.36. The van der Waals surface area contributed by atoms with Gasteiger partial charge in [-0.15, -0.1) is 0 Å². The first-order chi connectivity index (χ1) is 14.6. The van der Waals surface area contributed by atoms with E-state index in [1.165, 1.54) is 0 Å². The molecule has 4 heterocycles. The van der Waals surface area contributed by atoms with E-state index < -0.39 is 0 Å². The number of rotatable bonds is 3. The largest absolute Gasteiger partial charge is 0.489 e. The summed E-state index contributed by atoms with van der Waals surface area (Å²) < 4.78 is 5.87. The zero-order valence-electron chi connectivity index (χ0n) is 16.6. The lowest BCUT2D eigenvalue weighted by atomic mass is 9.84. The Morgan fingerprint density at radius 3 is 2.53 bits per heavy atom. The van der Waals surface area contributed by atoms with E-state index in [2.05, 4.69) is 10.2 Å². The summed E-state index contributed by atoms with van der Waals surface area (Å²) in [7, 11) is 0. The van der Waals surface area contributed by atoms with Crippen LogP contribution in [0.5, 0.6) is 5.75 Å². The molecule has 30 heavy (non-hydrogen) atoms. The van der Waals surface area contributed by atoms with Gasteiger partial charge in [-0.3, -0.25) is 9.59 Å². The van der Waals surface area contributed by atoms with Gasteiger partial charge in [-0.25, -0.2) is 0 Å². The molecule has 4 aliphatic heterocycles. The first-order valence-corrected chi connectivity index (χ1v) is 10.8. The number of carbonyl (C=O) groups excluding carboxylic acids is 2. The van der Waals surface area contributed by atoms with E-state index in [1.54, 1.807) is 29.2 Å². The lowest BCUT2D eigenvalue weighted by molar-refractivity contribution is 0.0618. The minimum atomic E-state index is -0.193. The molecule has 2 amide bonds. The molecule has 2 aromatic carbocycles. The van der Waals surface area contributed by atoms with Gasteiger partial charge in [0.15, 0.2) is 5.75 Å². The topological polar surface area (TPSA) is 61.9 Å². The van der Waals surface area contributed by atoms with Gasteiger partial charge in [-0.2, -0.15) is 0 Å². The maximum atomic E-state index is 13.2. The number of piperidine rings is 3. The number of ether oxygens (including phenoxy) is 1. The fourth-order valence-corrected chi connectivity index (χ4v) is 4.99. The number of nitrogens with zero attached hydrogens (tertiary/aromatic N) is 2. The Bertz CT molecular complexity index is 973. The zero-order valence-corrected chi connectivity index (χ0v) is 17.4. The predicted molar refractivity (Wildman–Crippen MR) is 115 cm³/mol. The van der Waals surface area contributed by atoms with Crippen molar-refractivity contribution in [3.8, 4) is 5.75 Å². The minimum absolute atomic E-state index is 0.133. The summed E-state index contributed by atoms with van der Waals surface area (Å²) >= 11 is 6.37. The first-order valence-electron chi connectivity index (χ1n) is 10.5. The fourth-order valence-electron chi connectivity index (χ4n) is 4.78. The van der Waals surface area contributed by atoms with Gasteiger partial charge in [0.1, 0.15) is 6.61 Å². The van der Waals surface area contributed by atoms with Crippen LogP contribution in [0.15, 0.2) is 42.5 Å². The van der Waals surface area contributed by atoms with Crippen molar-refractivity contribution in [2.75, 3.05) is 37.7 Å².